The number of aryl methyl sites for hydroxylation is 1. The van der Waals surface area contributed by atoms with Gasteiger partial charge in [-0.25, -0.2) is 0 Å². The van der Waals surface area contributed by atoms with E-state index in [1.807, 2.05) is 4.90 Å². The quantitative estimate of drug-likeness (QED) is 0.849. The molecular formula is C20H24N2O2S. The third kappa shape index (κ3) is 3.76. The van der Waals surface area contributed by atoms with Gasteiger partial charge in [-0.3, -0.25) is 9.00 Å². The third-order valence-corrected chi connectivity index (χ3v) is 5.85. The molecule has 1 aliphatic heterocycles. The molecule has 0 radical (unpaired) electrons. The van der Waals surface area contributed by atoms with Gasteiger partial charge in [-0.1, -0.05) is 12.1 Å². The van der Waals surface area contributed by atoms with Crippen molar-refractivity contribution >= 4 is 22.4 Å². The molecule has 2 aromatic carbocycles. The molecule has 5 heteroatoms. The average molecular weight is 356 g/mol. The lowest BCUT2D eigenvalue weighted by molar-refractivity contribution is 0.0746. The number of benzene rings is 2. The van der Waals surface area contributed by atoms with Crippen LogP contribution in [0.5, 0.6) is 0 Å². The Morgan fingerprint density at radius 3 is 2.20 bits per heavy atom. The predicted molar refractivity (Wildman–Crippen MR) is 103 cm³/mol. The molecule has 1 atom stereocenters. The molecule has 3 rings (SSSR count). The van der Waals surface area contributed by atoms with Gasteiger partial charge in [-0.2, -0.15) is 0 Å². The van der Waals surface area contributed by atoms with E-state index < -0.39 is 10.8 Å². The Labute approximate surface area is 151 Å². The minimum atomic E-state index is -1.02. The molecule has 0 N–H and O–H groups in total. The number of rotatable bonds is 3. The molecule has 1 unspecified atom stereocenters. The maximum Gasteiger partial charge on any atom is 0.253 e. The zero-order chi connectivity index (χ0) is 18.0. The van der Waals surface area contributed by atoms with Crippen molar-refractivity contribution in [2.75, 3.05) is 37.3 Å². The van der Waals surface area contributed by atoms with Crippen molar-refractivity contribution in [2.45, 2.75) is 18.7 Å². The maximum atomic E-state index is 12.7. The van der Waals surface area contributed by atoms with Gasteiger partial charge in [0.2, 0.25) is 0 Å². The van der Waals surface area contributed by atoms with Crippen LogP contribution in [0.3, 0.4) is 0 Å². The number of piperazine rings is 1. The first-order chi connectivity index (χ1) is 12.0. The van der Waals surface area contributed by atoms with Crippen LogP contribution >= 0.6 is 0 Å². The van der Waals surface area contributed by atoms with E-state index in [2.05, 4.69) is 36.9 Å². The zero-order valence-corrected chi connectivity index (χ0v) is 15.8. The summed E-state index contributed by atoms with van der Waals surface area (Å²) in [7, 11) is -1.02. The van der Waals surface area contributed by atoms with E-state index in [1.165, 1.54) is 16.8 Å². The fourth-order valence-corrected chi connectivity index (χ4v) is 3.72. The first kappa shape index (κ1) is 17.7. The normalized spacial score (nSPS) is 16.0. The first-order valence-electron chi connectivity index (χ1n) is 8.51. The summed E-state index contributed by atoms with van der Waals surface area (Å²) < 4.78 is 11.5. The molecule has 25 heavy (non-hydrogen) atoms. The highest BCUT2D eigenvalue weighted by molar-refractivity contribution is 7.84. The first-order valence-corrected chi connectivity index (χ1v) is 10.1. The Morgan fingerprint density at radius 2 is 1.60 bits per heavy atom. The molecular weight excluding hydrogens is 332 g/mol. The number of hydrogen-bond donors (Lipinski definition) is 0. The van der Waals surface area contributed by atoms with Gasteiger partial charge >= 0.3 is 0 Å². The second-order valence-corrected chi connectivity index (χ2v) is 7.86. The number of amides is 1. The lowest BCUT2D eigenvalue weighted by Gasteiger charge is -2.37. The van der Waals surface area contributed by atoms with Crippen LogP contribution in [0.15, 0.2) is 47.4 Å². The van der Waals surface area contributed by atoms with Crippen molar-refractivity contribution < 1.29 is 9.00 Å². The second kappa shape index (κ2) is 7.40. The van der Waals surface area contributed by atoms with E-state index in [4.69, 9.17) is 0 Å². The van der Waals surface area contributed by atoms with Crippen molar-refractivity contribution in [1.29, 1.82) is 0 Å². The highest BCUT2D eigenvalue weighted by Gasteiger charge is 2.23. The van der Waals surface area contributed by atoms with Crippen LogP contribution in [-0.4, -0.2) is 47.5 Å². The van der Waals surface area contributed by atoms with E-state index in [0.717, 1.165) is 18.0 Å². The molecule has 2 aromatic rings. The lowest BCUT2D eigenvalue weighted by Crippen LogP contribution is -2.49. The van der Waals surface area contributed by atoms with E-state index in [9.17, 15) is 9.00 Å². The highest BCUT2D eigenvalue weighted by Crippen LogP contribution is 2.24. The number of carbonyl (C=O) groups excluding carboxylic acids is 1. The van der Waals surface area contributed by atoms with Crippen LogP contribution in [0.25, 0.3) is 0 Å². The van der Waals surface area contributed by atoms with Gasteiger partial charge in [-0.15, -0.1) is 0 Å². The summed E-state index contributed by atoms with van der Waals surface area (Å²) in [5, 5.41) is 0. The van der Waals surface area contributed by atoms with E-state index in [0.29, 0.717) is 18.7 Å². The number of anilines is 1. The summed E-state index contributed by atoms with van der Waals surface area (Å²) in [6, 6.07) is 13.5. The van der Waals surface area contributed by atoms with E-state index in [-0.39, 0.29) is 5.91 Å². The maximum absolute atomic E-state index is 12.7. The van der Waals surface area contributed by atoms with Gasteiger partial charge < -0.3 is 9.80 Å². The summed E-state index contributed by atoms with van der Waals surface area (Å²) in [6.45, 7) is 7.40. The monoisotopic (exact) mass is 356 g/mol. The molecule has 0 aromatic heterocycles. The summed E-state index contributed by atoms with van der Waals surface area (Å²) in [5.41, 5.74) is 4.53. The Kier molecular flexibility index (Phi) is 5.23. The fraction of sp³-hybridized carbons (Fsp3) is 0.350. The van der Waals surface area contributed by atoms with Crippen molar-refractivity contribution in [2.24, 2.45) is 0 Å². The molecule has 0 bridgehead atoms. The molecule has 1 amide bonds. The van der Waals surface area contributed by atoms with E-state index in [1.54, 1.807) is 30.5 Å². The Balaban J connectivity index is 1.66. The SMILES string of the molecule is Cc1cccc(N2CCN(C(=O)c3ccc(S(C)=O)cc3)CC2)c1C. The fourth-order valence-electron chi connectivity index (χ4n) is 3.20. The molecule has 0 aliphatic carbocycles. The molecule has 4 nitrogen and oxygen atoms in total. The topological polar surface area (TPSA) is 40.6 Å². The Morgan fingerprint density at radius 1 is 0.960 bits per heavy atom. The van der Waals surface area contributed by atoms with Gasteiger partial charge in [0.25, 0.3) is 5.91 Å². The standard InChI is InChI=1S/C20H24N2O2S/c1-15-5-4-6-19(16(15)2)21-11-13-22(14-12-21)20(23)17-7-9-18(10-8-17)25(3)24/h4-10H,11-14H2,1-3H3. The van der Waals surface area contributed by atoms with Crippen molar-refractivity contribution in [1.82, 2.24) is 4.90 Å². The third-order valence-electron chi connectivity index (χ3n) is 4.92. The van der Waals surface area contributed by atoms with Crippen LogP contribution in [0.2, 0.25) is 0 Å². The van der Waals surface area contributed by atoms with Gasteiger partial charge in [0.1, 0.15) is 0 Å². The summed E-state index contributed by atoms with van der Waals surface area (Å²) in [6.07, 6.45) is 1.64. The van der Waals surface area contributed by atoms with Crippen molar-refractivity contribution in [3.63, 3.8) is 0 Å². The van der Waals surface area contributed by atoms with Crippen LogP contribution in [0.4, 0.5) is 5.69 Å². The van der Waals surface area contributed by atoms with Gasteiger partial charge in [0.05, 0.1) is 0 Å². The van der Waals surface area contributed by atoms with Crippen molar-refractivity contribution in [3.8, 4) is 0 Å². The number of nitrogens with zero attached hydrogens (tertiary/aromatic N) is 2. The number of carbonyl (C=O) groups is 1. The predicted octanol–water partition coefficient (Wildman–Crippen LogP) is 3.00. The molecule has 132 valence electrons. The Bertz CT molecular complexity index is 794. The molecule has 0 saturated carbocycles. The molecule has 1 aliphatic rings. The van der Waals surface area contributed by atoms with Gasteiger partial charge in [0, 0.05) is 59.4 Å². The molecule has 0 spiro atoms. The van der Waals surface area contributed by atoms with Gasteiger partial charge in [0.15, 0.2) is 0 Å². The van der Waals surface area contributed by atoms with Crippen molar-refractivity contribution in [3.05, 3.63) is 59.2 Å². The largest absolute Gasteiger partial charge is 0.368 e. The molecule has 1 saturated heterocycles. The van der Waals surface area contributed by atoms with Crippen LogP contribution in [-0.2, 0) is 10.8 Å². The minimum absolute atomic E-state index is 0.0500. The van der Waals surface area contributed by atoms with E-state index >= 15 is 0 Å². The Hall–Kier alpha value is -2.14. The van der Waals surface area contributed by atoms with Crippen LogP contribution < -0.4 is 4.90 Å². The highest BCUT2D eigenvalue weighted by atomic mass is 32.2. The number of hydrogen-bond acceptors (Lipinski definition) is 3. The van der Waals surface area contributed by atoms with Crippen LogP contribution in [0.1, 0.15) is 21.5 Å². The minimum Gasteiger partial charge on any atom is -0.368 e. The average Bonchev–Trinajstić information content (AvgIpc) is 2.64. The smallest absolute Gasteiger partial charge is 0.253 e. The zero-order valence-electron chi connectivity index (χ0n) is 15.0. The molecule has 1 heterocycles. The lowest BCUT2D eigenvalue weighted by atomic mass is 10.1. The second-order valence-electron chi connectivity index (χ2n) is 6.48. The van der Waals surface area contributed by atoms with Crippen LogP contribution in [0, 0.1) is 13.8 Å². The summed E-state index contributed by atoms with van der Waals surface area (Å²) in [4.78, 5) is 17.7. The van der Waals surface area contributed by atoms with Gasteiger partial charge in [-0.05, 0) is 55.3 Å². The molecule has 1 fully saturated rings. The summed E-state index contributed by atoms with van der Waals surface area (Å²) in [5.74, 6) is 0.0500. The summed E-state index contributed by atoms with van der Waals surface area (Å²) >= 11 is 0.